The molecule has 0 unspecified atom stereocenters. The van der Waals surface area contributed by atoms with Crippen LogP contribution in [0.4, 0.5) is 4.39 Å². The molecular formula is C15H14BrFS. The van der Waals surface area contributed by atoms with Gasteiger partial charge in [0.05, 0.1) is 0 Å². The fourth-order valence-corrected chi connectivity index (χ4v) is 3.39. The van der Waals surface area contributed by atoms with Crippen LogP contribution in [0.3, 0.4) is 0 Å². The van der Waals surface area contributed by atoms with Crippen molar-refractivity contribution in [2.45, 2.75) is 18.4 Å². The lowest BCUT2D eigenvalue weighted by Gasteiger charge is -2.05. The molecule has 0 heterocycles. The van der Waals surface area contributed by atoms with E-state index in [9.17, 15) is 4.39 Å². The number of rotatable bonds is 4. The normalized spacial score (nSPS) is 10.6. The Labute approximate surface area is 120 Å². The van der Waals surface area contributed by atoms with Crippen molar-refractivity contribution in [3.8, 4) is 0 Å². The van der Waals surface area contributed by atoms with Crippen LogP contribution in [0.25, 0.3) is 0 Å². The van der Waals surface area contributed by atoms with Crippen LogP contribution in [-0.2, 0) is 11.5 Å². The van der Waals surface area contributed by atoms with Gasteiger partial charge < -0.3 is 0 Å². The Morgan fingerprint density at radius 3 is 2.67 bits per heavy atom. The molecule has 0 N–H and O–H groups in total. The Balaban J connectivity index is 1.92. The van der Waals surface area contributed by atoms with Crippen molar-refractivity contribution in [3.05, 3.63) is 69.4 Å². The van der Waals surface area contributed by atoms with Gasteiger partial charge in [-0.05, 0) is 30.2 Å². The standard InChI is InChI=1S/C15H14BrFS/c1-11-3-2-4-12(7-11)9-18-10-13-5-6-14(17)8-15(13)16/h2-8H,9-10H2,1H3. The van der Waals surface area contributed by atoms with Crippen molar-refractivity contribution in [1.29, 1.82) is 0 Å². The first-order chi connectivity index (χ1) is 8.65. The largest absolute Gasteiger partial charge is 0.207 e. The molecule has 3 heteroatoms. The number of benzene rings is 2. The highest BCUT2D eigenvalue weighted by Gasteiger charge is 2.02. The SMILES string of the molecule is Cc1cccc(CSCc2ccc(F)cc2Br)c1. The van der Waals surface area contributed by atoms with E-state index in [0.717, 1.165) is 21.5 Å². The highest BCUT2D eigenvalue weighted by molar-refractivity contribution is 9.10. The van der Waals surface area contributed by atoms with Crippen LogP contribution in [0.2, 0.25) is 0 Å². The van der Waals surface area contributed by atoms with Gasteiger partial charge in [0.25, 0.3) is 0 Å². The van der Waals surface area contributed by atoms with Gasteiger partial charge in [-0.2, -0.15) is 11.8 Å². The molecule has 2 aromatic rings. The fourth-order valence-electron chi connectivity index (χ4n) is 1.72. The summed E-state index contributed by atoms with van der Waals surface area (Å²) in [6, 6.07) is 13.4. The van der Waals surface area contributed by atoms with Crippen LogP contribution in [0.15, 0.2) is 46.9 Å². The Bertz CT molecular complexity index is 540. The van der Waals surface area contributed by atoms with Gasteiger partial charge in [0, 0.05) is 16.0 Å². The summed E-state index contributed by atoms with van der Waals surface area (Å²) in [7, 11) is 0. The highest BCUT2D eigenvalue weighted by atomic mass is 79.9. The third-order valence-electron chi connectivity index (χ3n) is 2.62. The molecule has 0 aliphatic rings. The van der Waals surface area contributed by atoms with Gasteiger partial charge in [0.15, 0.2) is 0 Å². The molecule has 0 aliphatic heterocycles. The minimum Gasteiger partial charge on any atom is -0.207 e. The first kappa shape index (κ1) is 13.6. The van der Waals surface area contributed by atoms with Gasteiger partial charge in [0.2, 0.25) is 0 Å². The van der Waals surface area contributed by atoms with Crippen LogP contribution in [0.5, 0.6) is 0 Å². The molecule has 94 valence electrons. The van der Waals surface area contributed by atoms with E-state index in [1.54, 1.807) is 0 Å². The number of halogens is 2. The lowest BCUT2D eigenvalue weighted by atomic mass is 10.2. The highest BCUT2D eigenvalue weighted by Crippen LogP contribution is 2.24. The van der Waals surface area contributed by atoms with Crippen LogP contribution in [0, 0.1) is 12.7 Å². The number of aryl methyl sites for hydroxylation is 1. The predicted molar refractivity (Wildman–Crippen MR) is 80.3 cm³/mol. The summed E-state index contributed by atoms with van der Waals surface area (Å²) in [5, 5.41) is 0. The van der Waals surface area contributed by atoms with Crippen LogP contribution in [-0.4, -0.2) is 0 Å². The van der Waals surface area contributed by atoms with Crippen molar-refractivity contribution < 1.29 is 4.39 Å². The van der Waals surface area contributed by atoms with Crippen molar-refractivity contribution in [2.75, 3.05) is 0 Å². The molecule has 0 saturated heterocycles. The summed E-state index contributed by atoms with van der Waals surface area (Å²) >= 11 is 5.23. The molecule has 0 nitrogen and oxygen atoms in total. The lowest BCUT2D eigenvalue weighted by molar-refractivity contribution is 0.626. The molecule has 0 spiro atoms. The fraction of sp³-hybridized carbons (Fsp3) is 0.200. The Morgan fingerprint density at radius 2 is 1.94 bits per heavy atom. The maximum absolute atomic E-state index is 12.9. The quantitative estimate of drug-likeness (QED) is 0.732. The third-order valence-corrected chi connectivity index (χ3v) is 4.41. The molecule has 0 aliphatic carbocycles. The van der Waals surface area contributed by atoms with E-state index in [-0.39, 0.29) is 5.82 Å². The first-order valence-electron chi connectivity index (χ1n) is 5.72. The van der Waals surface area contributed by atoms with Crippen molar-refractivity contribution in [2.24, 2.45) is 0 Å². The predicted octanol–water partition coefficient (Wildman–Crippen LogP) is 5.33. The Kier molecular flexibility index (Phi) is 4.84. The van der Waals surface area contributed by atoms with E-state index < -0.39 is 0 Å². The summed E-state index contributed by atoms with van der Waals surface area (Å²) in [6.45, 7) is 2.10. The zero-order valence-electron chi connectivity index (χ0n) is 10.1. The zero-order chi connectivity index (χ0) is 13.0. The topological polar surface area (TPSA) is 0 Å². The summed E-state index contributed by atoms with van der Waals surface area (Å²) in [4.78, 5) is 0. The van der Waals surface area contributed by atoms with Gasteiger partial charge in [-0.1, -0.05) is 51.8 Å². The average molecular weight is 325 g/mol. The van der Waals surface area contributed by atoms with E-state index in [1.165, 1.54) is 23.3 Å². The number of hydrogen-bond donors (Lipinski definition) is 0. The monoisotopic (exact) mass is 324 g/mol. The summed E-state index contributed by atoms with van der Waals surface area (Å²) in [5.74, 6) is 1.66. The molecule has 2 aromatic carbocycles. The second-order valence-corrected chi connectivity index (χ2v) is 6.06. The van der Waals surface area contributed by atoms with E-state index in [0.29, 0.717) is 0 Å². The second kappa shape index (κ2) is 6.39. The smallest absolute Gasteiger partial charge is 0.124 e. The van der Waals surface area contributed by atoms with Gasteiger partial charge in [-0.25, -0.2) is 4.39 Å². The van der Waals surface area contributed by atoms with E-state index in [2.05, 4.69) is 47.1 Å². The summed E-state index contributed by atoms with van der Waals surface area (Å²) < 4.78 is 13.8. The van der Waals surface area contributed by atoms with Crippen LogP contribution in [0.1, 0.15) is 16.7 Å². The van der Waals surface area contributed by atoms with E-state index >= 15 is 0 Å². The van der Waals surface area contributed by atoms with Gasteiger partial charge in [-0.3, -0.25) is 0 Å². The number of thioether (sulfide) groups is 1. The molecule has 0 amide bonds. The Morgan fingerprint density at radius 1 is 1.11 bits per heavy atom. The average Bonchev–Trinajstić information content (AvgIpc) is 2.32. The van der Waals surface area contributed by atoms with Crippen LogP contribution < -0.4 is 0 Å². The molecule has 0 fully saturated rings. The molecule has 0 saturated carbocycles. The molecule has 0 bridgehead atoms. The first-order valence-corrected chi connectivity index (χ1v) is 7.67. The van der Waals surface area contributed by atoms with Crippen molar-refractivity contribution >= 4 is 27.7 Å². The summed E-state index contributed by atoms with van der Waals surface area (Å²) in [6.07, 6.45) is 0. The molecule has 0 aromatic heterocycles. The third kappa shape index (κ3) is 3.85. The number of hydrogen-bond acceptors (Lipinski definition) is 1. The Hall–Kier alpha value is -0.800. The van der Waals surface area contributed by atoms with Crippen LogP contribution >= 0.6 is 27.7 Å². The van der Waals surface area contributed by atoms with E-state index in [1.807, 2.05) is 17.8 Å². The minimum absolute atomic E-state index is 0.200. The van der Waals surface area contributed by atoms with Gasteiger partial charge in [-0.15, -0.1) is 0 Å². The summed E-state index contributed by atoms with van der Waals surface area (Å²) in [5.41, 5.74) is 3.75. The minimum atomic E-state index is -0.200. The van der Waals surface area contributed by atoms with Gasteiger partial charge >= 0.3 is 0 Å². The molecule has 0 radical (unpaired) electrons. The maximum atomic E-state index is 12.9. The zero-order valence-corrected chi connectivity index (χ0v) is 12.5. The molecule has 0 atom stereocenters. The molecule has 2 rings (SSSR count). The molecule has 18 heavy (non-hydrogen) atoms. The van der Waals surface area contributed by atoms with E-state index in [4.69, 9.17) is 0 Å². The van der Waals surface area contributed by atoms with Crippen molar-refractivity contribution in [1.82, 2.24) is 0 Å². The van der Waals surface area contributed by atoms with Gasteiger partial charge in [0.1, 0.15) is 5.82 Å². The maximum Gasteiger partial charge on any atom is 0.124 e. The second-order valence-electron chi connectivity index (χ2n) is 4.22. The lowest BCUT2D eigenvalue weighted by Crippen LogP contribution is -1.87. The van der Waals surface area contributed by atoms with Crippen molar-refractivity contribution in [3.63, 3.8) is 0 Å². The molecular weight excluding hydrogens is 311 g/mol.